The minimum atomic E-state index is -4.37. The molecule has 0 heterocycles. The van der Waals surface area contributed by atoms with Crippen LogP contribution >= 0.6 is 23.5 Å². The molecule has 0 saturated heterocycles. The summed E-state index contributed by atoms with van der Waals surface area (Å²) in [6.45, 7) is 0. The highest BCUT2D eigenvalue weighted by Gasteiger charge is 2.29. The van der Waals surface area contributed by atoms with Gasteiger partial charge in [-0.2, -0.15) is 0 Å². The van der Waals surface area contributed by atoms with Crippen molar-refractivity contribution in [3.63, 3.8) is 0 Å². The highest BCUT2D eigenvalue weighted by atomic mass is 79.9. The Morgan fingerprint density at radius 2 is 1.67 bits per heavy atom. The third-order valence-electron chi connectivity index (χ3n) is 2.49. The average molecular weight is 337 g/mol. The molecule has 0 aliphatic rings. The Kier molecular flexibility index (Phi) is 4.12. The van der Waals surface area contributed by atoms with Crippen molar-refractivity contribution in [2.75, 3.05) is 0 Å². The van der Waals surface area contributed by atoms with Gasteiger partial charge in [0.2, 0.25) is 0 Å². The van der Waals surface area contributed by atoms with Gasteiger partial charge in [-0.15, -0.1) is 9.46 Å². The number of fused-ring (bicyclic) bond motifs is 1. The standard InChI is InChI=1S/C11H8BrF2O3P/c12-11-6-9-4-2-1-3-8(9)5-10(11)7-18(15,16-13)17-14/h1-6H,7H2. The van der Waals surface area contributed by atoms with Crippen LogP contribution in [0.1, 0.15) is 5.56 Å². The van der Waals surface area contributed by atoms with Crippen LogP contribution in [-0.2, 0) is 20.2 Å². The van der Waals surface area contributed by atoms with Crippen LogP contribution in [0.25, 0.3) is 10.8 Å². The van der Waals surface area contributed by atoms with Gasteiger partial charge in [0, 0.05) is 4.47 Å². The van der Waals surface area contributed by atoms with Gasteiger partial charge in [-0.3, -0.25) is 4.57 Å². The largest absolute Gasteiger partial charge is 0.399 e. The Labute approximate surface area is 110 Å². The van der Waals surface area contributed by atoms with E-state index in [2.05, 4.69) is 25.4 Å². The first-order valence-electron chi connectivity index (χ1n) is 4.95. The number of halogens is 3. The molecule has 2 aromatic rings. The molecule has 0 bridgehead atoms. The van der Waals surface area contributed by atoms with E-state index in [1.807, 2.05) is 24.3 Å². The molecular weight excluding hydrogens is 329 g/mol. The summed E-state index contributed by atoms with van der Waals surface area (Å²) in [5.41, 5.74) is 0.437. The summed E-state index contributed by atoms with van der Waals surface area (Å²) in [5, 5.41) is 1.81. The minimum Gasteiger partial charge on any atom is -0.254 e. The van der Waals surface area contributed by atoms with E-state index in [0.29, 0.717) is 10.0 Å². The van der Waals surface area contributed by atoms with Crippen LogP contribution in [0.5, 0.6) is 0 Å². The molecule has 0 N–H and O–H groups in total. The van der Waals surface area contributed by atoms with E-state index in [9.17, 15) is 13.6 Å². The zero-order chi connectivity index (χ0) is 13.2. The monoisotopic (exact) mass is 336 g/mol. The maximum Gasteiger partial charge on any atom is 0.399 e. The van der Waals surface area contributed by atoms with Crippen molar-refractivity contribution in [1.29, 1.82) is 0 Å². The van der Waals surface area contributed by atoms with Crippen LogP contribution in [0.3, 0.4) is 0 Å². The molecule has 2 aromatic carbocycles. The van der Waals surface area contributed by atoms with Gasteiger partial charge in [-0.25, -0.2) is 0 Å². The lowest BCUT2D eigenvalue weighted by Crippen LogP contribution is -1.92. The maximum atomic E-state index is 12.0. The van der Waals surface area contributed by atoms with E-state index in [0.717, 1.165) is 10.8 Å². The first-order valence-corrected chi connectivity index (χ1v) is 7.47. The normalized spacial score (nSPS) is 11.9. The van der Waals surface area contributed by atoms with Gasteiger partial charge in [0.25, 0.3) is 0 Å². The molecule has 0 aliphatic heterocycles. The highest BCUT2D eigenvalue weighted by molar-refractivity contribution is 9.10. The molecule has 3 nitrogen and oxygen atoms in total. The molecule has 0 amide bonds. The Hall–Kier alpha value is -0.810. The van der Waals surface area contributed by atoms with E-state index < -0.39 is 13.8 Å². The lowest BCUT2D eigenvalue weighted by Gasteiger charge is -2.10. The summed E-state index contributed by atoms with van der Waals surface area (Å²) in [4.78, 5) is 0. The summed E-state index contributed by atoms with van der Waals surface area (Å²) in [5.74, 6) is 0. The van der Waals surface area contributed by atoms with E-state index in [1.54, 1.807) is 12.1 Å². The first-order chi connectivity index (χ1) is 8.58. The molecule has 96 valence electrons. The molecule has 0 radical (unpaired) electrons. The fourth-order valence-corrected chi connectivity index (χ4v) is 3.16. The second-order valence-electron chi connectivity index (χ2n) is 3.70. The number of hydrogen-bond donors (Lipinski definition) is 0. The first kappa shape index (κ1) is 13.6. The van der Waals surface area contributed by atoms with Crippen molar-refractivity contribution in [1.82, 2.24) is 0 Å². The fraction of sp³-hybridized carbons (Fsp3) is 0.0909. The minimum absolute atomic E-state index is 0.437. The summed E-state index contributed by atoms with van der Waals surface area (Å²) in [7, 11) is -4.37. The van der Waals surface area contributed by atoms with Gasteiger partial charge in [0.05, 0.1) is 6.16 Å². The highest BCUT2D eigenvalue weighted by Crippen LogP contribution is 2.53. The van der Waals surface area contributed by atoms with E-state index in [4.69, 9.17) is 0 Å². The van der Waals surface area contributed by atoms with E-state index in [-0.39, 0.29) is 0 Å². The summed E-state index contributed by atoms with van der Waals surface area (Å²) >= 11 is 3.25. The molecule has 0 saturated carbocycles. The second-order valence-corrected chi connectivity index (χ2v) is 6.37. The van der Waals surface area contributed by atoms with Gasteiger partial charge in [0.15, 0.2) is 0 Å². The molecule has 7 heteroatoms. The summed E-state index contributed by atoms with van der Waals surface area (Å²) in [6.07, 6.45) is -0.495. The van der Waals surface area contributed by atoms with Gasteiger partial charge < -0.3 is 0 Å². The lowest BCUT2D eigenvalue weighted by atomic mass is 10.1. The van der Waals surface area contributed by atoms with Crippen LogP contribution in [0.15, 0.2) is 40.9 Å². The van der Waals surface area contributed by atoms with Crippen molar-refractivity contribution in [3.8, 4) is 0 Å². The van der Waals surface area contributed by atoms with Gasteiger partial charge in [-0.1, -0.05) is 40.2 Å². The molecular formula is C11H8BrF2O3P. The fourth-order valence-electron chi connectivity index (χ4n) is 1.65. The predicted molar refractivity (Wildman–Crippen MR) is 67.3 cm³/mol. The Morgan fingerprint density at radius 1 is 1.11 bits per heavy atom. The molecule has 0 unspecified atom stereocenters. The molecule has 2 rings (SSSR count). The average Bonchev–Trinajstić information content (AvgIpc) is 2.39. The van der Waals surface area contributed by atoms with Crippen molar-refractivity contribution < 1.29 is 23.1 Å². The number of hydrogen-bond acceptors (Lipinski definition) is 3. The molecule has 0 spiro atoms. The molecule has 0 atom stereocenters. The second kappa shape index (κ2) is 5.45. The van der Waals surface area contributed by atoms with Gasteiger partial charge in [0.1, 0.15) is 0 Å². The number of benzene rings is 2. The van der Waals surface area contributed by atoms with Gasteiger partial charge in [-0.05, 0) is 37.5 Å². The van der Waals surface area contributed by atoms with E-state index >= 15 is 0 Å². The Morgan fingerprint density at radius 3 is 2.22 bits per heavy atom. The van der Waals surface area contributed by atoms with E-state index in [1.165, 1.54) is 0 Å². The van der Waals surface area contributed by atoms with Crippen molar-refractivity contribution in [2.45, 2.75) is 6.16 Å². The van der Waals surface area contributed by atoms with Gasteiger partial charge >= 0.3 is 7.60 Å². The summed E-state index contributed by atoms with van der Waals surface area (Å²) in [6, 6.07) is 10.9. The summed E-state index contributed by atoms with van der Waals surface area (Å²) < 4.78 is 42.2. The zero-order valence-corrected chi connectivity index (χ0v) is 11.5. The third kappa shape index (κ3) is 2.78. The Bertz CT molecular complexity index is 612. The quantitative estimate of drug-likeness (QED) is 0.729. The smallest absolute Gasteiger partial charge is 0.254 e. The molecule has 0 aliphatic carbocycles. The SMILES string of the molecule is O=P(Cc1cc2ccccc2cc1Br)(OF)OF. The van der Waals surface area contributed by atoms with Crippen LogP contribution < -0.4 is 0 Å². The van der Waals surface area contributed by atoms with Crippen molar-refractivity contribution in [3.05, 3.63) is 46.4 Å². The van der Waals surface area contributed by atoms with Crippen molar-refractivity contribution in [2.24, 2.45) is 0 Å². The maximum absolute atomic E-state index is 12.0. The topological polar surface area (TPSA) is 35.5 Å². The van der Waals surface area contributed by atoms with Crippen LogP contribution in [-0.4, -0.2) is 0 Å². The molecule has 0 aromatic heterocycles. The van der Waals surface area contributed by atoms with Crippen LogP contribution in [0.2, 0.25) is 0 Å². The predicted octanol–water partition coefficient (Wildman–Crippen LogP) is 5.10. The zero-order valence-electron chi connectivity index (χ0n) is 8.98. The van der Waals surface area contributed by atoms with Crippen molar-refractivity contribution >= 4 is 34.3 Å². The third-order valence-corrected chi connectivity index (χ3v) is 4.38. The Balaban J connectivity index is 2.45. The molecule has 0 fully saturated rings. The number of rotatable bonds is 4. The molecule has 18 heavy (non-hydrogen) atoms. The van der Waals surface area contributed by atoms with Crippen LogP contribution in [0, 0.1) is 0 Å². The lowest BCUT2D eigenvalue weighted by molar-refractivity contribution is -0.0881. The van der Waals surface area contributed by atoms with Crippen LogP contribution in [0.4, 0.5) is 9.05 Å².